The highest BCUT2D eigenvalue weighted by molar-refractivity contribution is 7.98. The molecule has 0 unspecified atom stereocenters. The molecule has 31 heavy (non-hydrogen) atoms. The summed E-state index contributed by atoms with van der Waals surface area (Å²) in [5, 5.41) is 2.92. The van der Waals surface area contributed by atoms with Crippen LogP contribution in [0.25, 0.3) is 0 Å². The second-order valence-corrected chi connectivity index (χ2v) is 7.89. The van der Waals surface area contributed by atoms with Gasteiger partial charge >= 0.3 is 6.36 Å². The molecule has 10 heteroatoms. The zero-order chi connectivity index (χ0) is 23.2. The number of halogens is 4. The third-order valence-corrected chi connectivity index (χ3v) is 5.09. The lowest BCUT2D eigenvalue weighted by molar-refractivity contribution is -0.274. The molecule has 0 aromatic heterocycles. The number of nitrogens with one attached hydrogen (secondary N) is 1. The van der Waals surface area contributed by atoms with Gasteiger partial charge in [-0.15, -0.1) is 13.2 Å². The SMILES string of the molecule is CSC[C@H](C)NC(=O)c1c(C)cccc1CN(F)Oc1ccc(OC(F)(F)F)cc1C. The number of alkyl halides is 3. The average molecular weight is 460 g/mol. The van der Waals surface area contributed by atoms with Crippen molar-refractivity contribution in [2.24, 2.45) is 0 Å². The van der Waals surface area contributed by atoms with E-state index in [4.69, 9.17) is 4.84 Å². The maximum absolute atomic E-state index is 14.5. The molecule has 0 saturated heterocycles. The first-order valence-corrected chi connectivity index (χ1v) is 10.8. The lowest BCUT2D eigenvalue weighted by Gasteiger charge is -2.19. The second kappa shape index (κ2) is 10.7. The largest absolute Gasteiger partial charge is 0.573 e. The van der Waals surface area contributed by atoms with E-state index in [1.165, 1.54) is 13.0 Å². The molecule has 0 saturated carbocycles. The molecule has 1 amide bonds. The van der Waals surface area contributed by atoms with E-state index in [1.54, 1.807) is 36.9 Å². The van der Waals surface area contributed by atoms with Gasteiger partial charge in [-0.2, -0.15) is 11.8 Å². The Morgan fingerprint density at radius 3 is 2.52 bits per heavy atom. The number of hydrogen-bond donors (Lipinski definition) is 1. The summed E-state index contributed by atoms with van der Waals surface area (Å²) in [5.41, 5.74) is 1.69. The molecule has 5 nitrogen and oxygen atoms in total. The van der Waals surface area contributed by atoms with Crippen LogP contribution < -0.4 is 14.9 Å². The Morgan fingerprint density at radius 1 is 1.19 bits per heavy atom. The van der Waals surface area contributed by atoms with Crippen LogP contribution in [0.4, 0.5) is 17.7 Å². The minimum Gasteiger partial charge on any atom is -0.406 e. The van der Waals surface area contributed by atoms with Crippen molar-refractivity contribution in [1.82, 2.24) is 10.6 Å². The summed E-state index contributed by atoms with van der Waals surface area (Å²) in [6, 6.07) is 8.31. The van der Waals surface area contributed by atoms with Crippen molar-refractivity contribution in [3.05, 3.63) is 58.7 Å². The van der Waals surface area contributed by atoms with Crippen LogP contribution in [0.5, 0.6) is 11.5 Å². The molecular formula is C21H24F4N2O3S. The molecule has 0 aliphatic heterocycles. The van der Waals surface area contributed by atoms with E-state index in [0.29, 0.717) is 16.7 Å². The maximum Gasteiger partial charge on any atom is 0.573 e. The normalized spacial score (nSPS) is 12.5. The fourth-order valence-corrected chi connectivity index (χ4v) is 3.55. The van der Waals surface area contributed by atoms with Crippen molar-refractivity contribution in [3.8, 4) is 11.5 Å². The summed E-state index contributed by atoms with van der Waals surface area (Å²) in [4.78, 5) is 17.8. The molecule has 1 atom stereocenters. The van der Waals surface area contributed by atoms with Gasteiger partial charge in [-0.25, -0.2) is 0 Å². The Hall–Kier alpha value is -2.46. The van der Waals surface area contributed by atoms with Crippen LogP contribution in [0.1, 0.15) is 34.0 Å². The maximum atomic E-state index is 14.5. The van der Waals surface area contributed by atoms with Gasteiger partial charge in [0.2, 0.25) is 0 Å². The fourth-order valence-electron chi connectivity index (χ4n) is 2.97. The molecule has 0 fully saturated rings. The van der Waals surface area contributed by atoms with Gasteiger partial charge in [0.1, 0.15) is 5.75 Å². The van der Waals surface area contributed by atoms with Crippen LogP contribution in [0.15, 0.2) is 36.4 Å². The number of nitrogens with zero attached hydrogens (tertiary/aromatic N) is 1. The summed E-state index contributed by atoms with van der Waals surface area (Å²) in [6.45, 7) is 4.74. The average Bonchev–Trinajstić information content (AvgIpc) is 2.62. The minimum absolute atomic E-state index is 0.0178. The van der Waals surface area contributed by atoms with Gasteiger partial charge in [0, 0.05) is 22.6 Å². The van der Waals surface area contributed by atoms with E-state index in [1.807, 2.05) is 13.2 Å². The number of amides is 1. The van der Waals surface area contributed by atoms with Crippen molar-refractivity contribution in [2.75, 3.05) is 12.0 Å². The highest BCUT2D eigenvalue weighted by Crippen LogP contribution is 2.29. The fraction of sp³-hybridized carbons (Fsp3) is 0.381. The second-order valence-electron chi connectivity index (χ2n) is 6.98. The first-order valence-electron chi connectivity index (χ1n) is 9.36. The highest BCUT2D eigenvalue weighted by Gasteiger charge is 2.31. The van der Waals surface area contributed by atoms with Crippen LogP contribution in [0.2, 0.25) is 0 Å². The van der Waals surface area contributed by atoms with Crippen LogP contribution in [0, 0.1) is 13.8 Å². The molecule has 2 rings (SSSR count). The molecule has 0 radical (unpaired) electrons. The summed E-state index contributed by atoms with van der Waals surface area (Å²) < 4.78 is 55.4. The van der Waals surface area contributed by atoms with E-state index >= 15 is 0 Å². The van der Waals surface area contributed by atoms with Gasteiger partial charge < -0.3 is 14.9 Å². The topological polar surface area (TPSA) is 50.8 Å². The quantitative estimate of drug-likeness (QED) is 0.310. The molecule has 0 aliphatic rings. The molecule has 0 spiro atoms. The lowest BCUT2D eigenvalue weighted by atomic mass is 10.0. The minimum atomic E-state index is -4.82. The van der Waals surface area contributed by atoms with Gasteiger partial charge in [-0.05, 0) is 61.9 Å². The number of benzene rings is 2. The summed E-state index contributed by atoms with van der Waals surface area (Å²) in [5.74, 6) is 0.00967. The van der Waals surface area contributed by atoms with Gasteiger partial charge in [0.05, 0.1) is 6.54 Å². The first-order chi connectivity index (χ1) is 14.5. The Kier molecular flexibility index (Phi) is 8.58. The molecule has 0 heterocycles. The predicted molar refractivity (Wildman–Crippen MR) is 112 cm³/mol. The van der Waals surface area contributed by atoms with Gasteiger partial charge in [-0.1, -0.05) is 22.7 Å². The number of hydroxylamine groups is 1. The van der Waals surface area contributed by atoms with Crippen molar-refractivity contribution >= 4 is 17.7 Å². The van der Waals surface area contributed by atoms with Crippen LogP contribution in [-0.2, 0) is 6.54 Å². The number of thioether (sulfide) groups is 1. The zero-order valence-corrected chi connectivity index (χ0v) is 18.4. The number of carbonyl (C=O) groups is 1. The Balaban J connectivity index is 2.13. The van der Waals surface area contributed by atoms with Crippen LogP contribution >= 0.6 is 11.8 Å². The predicted octanol–water partition coefficient (Wildman–Crippen LogP) is 5.36. The summed E-state index contributed by atoms with van der Waals surface area (Å²) >= 11 is 1.60. The molecular weight excluding hydrogens is 436 g/mol. The highest BCUT2D eigenvalue weighted by atomic mass is 32.2. The van der Waals surface area contributed by atoms with Crippen molar-refractivity contribution in [2.45, 2.75) is 39.7 Å². The van der Waals surface area contributed by atoms with E-state index in [-0.39, 0.29) is 35.1 Å². The molecule has 2 aromatic rings. The third-order valence-electron chi connectivity index (χ3n) is 4.25. The van der Waals surface area contributed by atoms with Gasteiger partial charge in [0.25, 0.3) is 5.91 Å². The van der Waals surface area contributed by atoms with E-state index < -0.39 is 12.1 Å². The smallest absolute Gasteiger partial charge is 0.406 e. The molecule has 170 valence electrons. The number of aryl methyl sites for hydroxylation is 2. The van der Waals surface area contributed by atoms with Crippen LogP contribution in [0.3, 0.4) is 0 Å². The standard InChI is InChI=1S/C21H24F4N2O3S/c1-13-6-5-7-16(19(13)20(28)26-15(3)12-31-4)11-27(25)30-18-9-8-17(10-14(18)2)29-21(22,23)24/h5-10,15H,11-12H2,1-4H3,(H,26,28)/t15-/m0/s1. The third kappa shape index (κ3) is 7.62. The van der Waals surface area contributed by atoms with Gasteiger partial charge in [0.15, 0.2) is 5.75 Å². The molecule has 2 aromatic carbocycles. The molecule has 0 bridgehead atoms. The van der Waals surface area contributed by atoms with E-state index in [2.05, 4.69) is 10.1 Å². The first kappa shape index (κ1) is 24.8. The van der Waals surface area contributed by atoms with Gasteiger partial charge in [-0.3, -0.25) is 4.79 Å². The van der Waals surface area contributed by atoms with E-state index in [9.17, 15) is 22.4 Å². The monoisotopic (exact) mass is 460 g/mol. The number of hydrogen-bond acceptors (Lipinski definition) is 5. The molecule has 1 N–H and O–H groups in total. The Morgan fingerprint density at radius 2 is 1.90 bits per heavy atom. The van der Waals surface area contributed by atoms with Crippen LogP contribution in [-0.4, -0.2) is 35.6 Å². The van der Waals surface area contributed by atoms with Crippen molar-refractivity contribution in [3.63, 3.8) is 0 Å². The number of rotatable bonds is 9. The summed E-state index contributed by atoms with van der Waals surface area (Å²) in [6.07, 6.45) is -2.89. The Bertz CT molecular complexity index is 909. The molecule has 0 aliphatic carbocycles. The Labute approximate surface area is 182 Å². The number of carbonyl (C=O) groups excluding carboxylic acids is 1. The van der Waals surface area contributed by atoms with Crippen molar-refractivity contribution in [1.29, 1.82) is 0 Å². The summed E-state index contributed by atoms with van der Waals surface area (Å²) in [7, 11) is 0. The lowest BCUT2D eigenvalue weighted by Crippen LogP contribution is -2.35. The van der Waals surface area contributed by atoms with E-state index in [0.717, 1.165) is 17.9 Å². The zero-order valence-electron chi connectivity index (χ0n) is 17.5. The number of ether oxygens (including phenoxy) is 1. The van der Waals surface area contributed by atoms with Crippen molar-refractivity contribution < 1.29 is 32.0 Å².